The maximum absolute atomic E-state index is 5.55. The first-order chi connectivity index (χ1) is 6.66. The molecular weight excluding hydrogens is 174 g/mol. The van der Waals surface area contributed by atoms with E-state index in [-0.39, 0.29) is 0 Å². The summed E-state index contributed by atoms with van der Waals surface area (Å²) in [4.78, 5) is 0. The Hall–Kier alpha value is -0.0800. The van der Waals surface area contributed by atoms with Gasteiger partial charge < -0.3 is 10.1 Å². The Morgan fingerprint density at radius 2 is 1.86 bits per heavy atom. The van der Waals surface area contributed by atoms with Gasteiger partial charge in [-0.2, -0.15) is 0 Å². The third kappa shape index (κ3) is 10.0. The van der Waals surface area contributed by atoms with Crippen LogP contribution in [-0.2, 0) is 4.74 Å². The Labute approximate surface area is 89.4 Å². The summed E-state index contributed by atoms with van der Waals surface area (Å²) >= 11 is 0. The van der Waals surface area contributed by atoms with E-state index in [2.05, 4.69) is 33.0 Å². The molecular formula is C12H27NO. The molecule has 0 aliphatic heterocycles. The molecule has 0 amide bonds. The zero-order valence-corrected chi connectivity index (χ0v) is 10.3. The highest BCUT2D eigenvalue weighted by atomic mass is 16.5. The number of rotatable bonds is 9. The predicted molar refractivity (Wildman–Crippen MR) is 62.6 cm³/mol. The molecule has 0 spiro atoms. The first-order valence-electron chi connectivity index (χ1n) is 5.95. The van der Waals surface area contributed by atoms with Crippen molar-refractivity contribution >= 4 is 0 Å². The lowest BCUT2D eigenvalue weighted by Crippen LogP contribution is -2.27. The smallest absolute Gasteiger partial charge is 0.0503 e. The van der Waals surface area contributed by atoms with Gasteiger partial charge in [-0.1, -0.05) is 34.1 Å². The van der Waals surface area contributed by atoms with Gasteiger partial charge in [0.15, 0.2) is 0 Å². The molecule has 2 heteroatoms. The van der Waals surface area contributed by atoms with E-state index in [0.717, 1.165) is 32.2 Å². The van der Waals surface area contributed by atoms with Gasteiger partial charge in [0.2, 0.25) is 0 Å². The van der Waals surface area contributed by atoms with Crippen LogP contribution in [0.3, 0.4) is 0 Å². The van der Waals surface area contributed by atoms with Crippen LogP contribution >= 0.6 is 0 Å². The third-order valence-electron chi connectivity index (χ3n) is 2.09. The summed E-state index contributed by atoms with van der Waals surface area (Å²) in [6, 6.07) is 0. The van der Waals surface area contributed by atoms with Crippen molar-refractivity contribution in [1.82, 2.24) is 5.32 Å². The Balaban J connectivity index is 3.15. The van der Waals surface area contributed by atoms with Crippen LogP contribution in [-0.4, -0.2) is 26.3 Å². The summed E-state index contributed by atoms with van der Waals surface area (Å²) in [5.41, 5.74) is 0. The first-order valence-corrected chi connectivity index (χ1v) is 5.95. The molecule has 0 saturated carbocycles. The fraction of sp³-hybridized carbons (Fsp3) is 1.00. The van der Waals surface area contributed by atoms with Gasteiger partial charge in [0.05, 0.1) is 6.61 Å². The number of unbranched alkanes of at least 4 members (excludes halogenated alkanes) is 1. The number of ether oxygens (including phenoxy) is 1. The summed E-state index contributed by atoms with van der Waals surface area (Å²) in [6.45, 7) is 12.9. The lowest BCUT2D eigenvalue weighted by atomic mass is 10.2. The average Bonchev–Trinajstić information content (AvgIpc) is 2.12. The normalized spacial score (nSPS) is 13.5. The average molecular weight is 201 g/mol. The van der Waals surface area contributed by atoms with Gasteiger partial charge in [0.25, 0.3) is 0 Å². The molecule has 0 heterocycles. The molecule has 86 valence electrons. The molecule has 0 fully saturated rings. The van der Waals surface area contributed by atoms with Crippen LogP contribution in [0, 0.1) is 11.8 Å². The minimum atomic E-state index is 0.630. The van der Waals surface area contributed by atoms with Crippen LogP contribution in [0.15, 0.2) is 0 Å². The minimum absolute atomic E-state index is 0.630. The van der Waals surface area contributed by atoms with E-state index < -0.39 is 0 Å². The molecule has 1 N–H and O–H groups in total. The monoisotopic (exact) mass is 201 g/mol. The Morgan fingerprint density at radius 3 is 2.43 bits per heavy atom. The van der Waals surface area contributed by atoms with E-state index in [0.29, 0.717) is 5.92 Å². The maximum Gasteiger partial charge on any atom is 0.0503 e. The van der Waals surface area contributed by atoms with Crippen molar-refractivity contribution in [3.63, 3.8) is 0 Å². The third-order valence-corrected chi connectivity index (χ3v) is 2.09. The summed E-state index contributed by atoms with van der Waals surface area (Å²) in [7, 11) is 0. The van der Waals surface area contributed by atoms with E-state index >= 15 is 0 Å². The predicted octanol–water partition coefficient (Wildman–Crippen LogP) is 2.68. The molecule has 0 rings (SSSR count). The van der Waals surface area contributed by atoms with E-state index in [1.807, 2.05) is 0 Å². The summed E-state index contributed by atoms with van der Waals surface area (Å²) in [5, 5.41) is 3.45. The van der Waals surface area contributed by atoms with E-state index in [4.69, 9.17) is 4.74 Å². The molecule has 0 aromatic carbocycles. The first kappa shape index (κ1) is 13.9. The SMILES string of the molecule is CCCCOCC(C)CNCC(C)C. The topological polar surface area (TPSA) is 21.3 Å². The molecule has 1 atom stereocenters. The molecule has 2 nitrogen and oxygen atoms in total. The van der Waals surface area contributed by atoms with Crippen LogP contribution in [0.4, 0.5) is 0 Å². The molecule has 0 aliphatic carbocycles. The van der Waals surface area contributed by atoms with Gasteiger partial charge in [-0.3, -0.25) is 0 Å². The zero-order valence-electron chi connectivity index (χ0n) is 10.3. The second-order valence-corrected chi connectivity index (χ2v) is 4.59. The highest BCUT2D eigenvalue weighted by molar-refractivity contribution is 4.57. The number of hydrogen-bond donors (Lipinski definition) is 1. The molecule has 14 heavy (non-hydrogen) atoms. The van der Waals surface area contributed by atoms with Crippen molar-refractivity contribution in [3.05, 3.63) is 0 Å². The summed E-state index contributed by atoms with van der Waals surface area (Å²) < 4.78 is 5.55. The van der Waals surface area contributed by atoms with Crippen molar-refractivity contribution in [1.29, 1.82) is 0 Å². The van der Waals surface area contributed by atoms with Crippen molar-refractivity contribution in [2.45, 2.75) is 40.5 Å². The van der Waals surface area contributed by atoms with Crippen molar-refractivity contribution in [3.8, 4) is 0 Å². The lowest BCUT2D eigenvalue weighted by molar-refractivity contribution is 0.102. The van der Waals surface area contributed by atoms with E-state index in [1.165, 1.54) is 12.8 Å². The molecule has 0 aromatic heterocycles. The number of nitrogens with one attached hydrogen (secondary N) is 1. The second kappa shape index (κ2) is 9.47. The van der Waals surface area contributed by atoms with Crippen LogP contribution < -0.4 is 5.32 Å². The summed E-state index contributed by atoms with van der Waals surface area (Å²) in [6.07, 6.45) is 2.41. The second-order valence-electron chi connectivity index (χ2n) is 4.59. The Bertz CT molecular complexity index is 115. The molecule has 0 aliphatic rings. The maximum atomic E-state index is 5.55. The van der Waals surface area contributed by atoms with Crippen LogP contribution in [0.1, 0.15) is 40.5 Å². The van der Waals surface area contributed by atoms with Crippen molar-refractivity contribution < 1.29 is 4.74 Å². The summed E-state index contributed by atoms with van der Waals surface area (Å²) in [5.74, 6) is 1.37. The Kier molecular flexibility index (Phi) is 9.42. The lowest BCUT2D eigenvalue weighted by Gasteiger charge is -2.14. The molecule has 0 radical (unpaired) electrons. The fourth-order valence-electron chi connectivity index (χ4n) is 1.21. The van der Waals surface area contributed by atoms with Crippen molar-refractivity contribution in [2.75, 3.05) is 26.3 Å². The molecule has 0 saturated heterocycles. The zero-order chi connectivity index (χ0) is 10.8. The fourth-order valence-corrected chi connectivity index (χ4v) is 1.21. The van der Waals surface area contributed by atoms with Crippen molar-refractivity contribution in [2.24, 2.45) is 11.8 Å². The van der Waals surface area contributed by atoms with E-state index in [1.54, 1.807) is 0 Å². The van der Waals surface area contributed by atoms with Gasteiger partial charge in [0.1, 0.15) is 0 Å². The highest BCUT2D eigenvalue weighted by Gasteiger charge is 2.01. The standard InChI is InChI=1S/C12H27NO/c1-5-6-7-14-10-12(4)9-13-8-11(2)3/h11-13H,5-10H2,1-4H3. The minimum Gasteiger partial charge on any atom is -0.381 e. The Morgan fingerprint density at radius 1 is 1.14 bits per heavy atom. The molecule has 1 unspecified atom stereocenters. The van der Waals surface area contributed by atoms with Gasteiger partial charge >= 0.3 is 0 Å². The van der Waals surface area contributed by atoms with Gasteiger partial charge in [-0.25, -0.2) is 0 Å². The van der Waals surface area contributed by atoms with Crippen LogP contribution in [0.2, 0.25) is 0 Å². The van der Waals surface area contributed by atoms with E-state index in [9.17, 15) is 0 Å². The number of hydrogen-bond acceptors (Lipinski definition) is 2. The van der Waals surface area contributed by atoms with Gasteiger partial charge in [-0.05, 0) is 31.3 Å². The van der Waals surface area contributed by atoms with Crippen LogP contribution in [0.25, 0.3) is 0 Å². The highest BCUT2D eigenvalue weighted by Crippen LogP contribution is 1.97. The molecule has 0 bridgehead atoms. The largest absolute Gasteiger partial charge is 0.381 e. The molecule has 0 aromatic rings. The van der Waals surface area contributed by atoms with Crippen LogP contribution in [0.5, 0.6) is 0 Å². The van der Waals surface area contributed by atoms with Gasteiger partial charge in [-0.15, -0.1) is 0 Å². The van der Waals surface area contributed by atoms with Gasteiger partial charge in [0, 0.05) is 6.61 Å². The quantitative estimate of drug-likeness (QED) is 0.579.